The topological polar surface area (TPSA) is 128 Å². The average Bonchev–Trinajstić information content (AvgIpc) is 2.57. The summed E-state index contributed by atoms with van der Waals surface area (Å²) in [7, 11) is 0. The van der Waals surface area contributed by atoms with Crippen molar-refractivity contribution >= 4 is 23.0 Å². The predicted molar refractivity (Wildman–Crippen MR) is 87.2 cm³/mol. The van der Waals surface area contributed by atoms with E-state index in [-0.39, 0.29) is 17.0 Å². The molecule has 0 aliphatic rings. The van der Waals surface area contributed by atoms with Gasteiger partial charge in [0.05, 0.1) is 10.6 Å². The van der Waals surface area contributed by atoms with Crippen LogP contribution >= 0.6 is 0 Å². The number of nitrogens with one attached hydrogen (secondary N) is 2. The van der Waals surface area contributed by atoms with E-state index in [4.69, 9.17) is 5.26 Å². The Morgan fingerprint density at radius 1 is 1.21 bits per heavy atom. The Labute approximate surface area is 136 Å². The molecule has 8 nitrogen and oxygen atoms in total. The minimum atomic E-state index is -0.686. The van der Waals surface area contributed by atoms with E-state index in [0.717, 1.165) is 6.20 Å². The number of phenolic OH excluding ortho intramolecular Hbond substituents is 1. The van der Waals surface area contributed by atoms with Crippen LogP contribution in [-0.4, -0.2) is 15.9 Å². The maximum absolute atomic E-state index is 12.0. The molecule has 1 amide bonds. The number of non-ortho nitro benzene ring substituents is 1. The summed E-state index contributed by atoms with van der Waals surface area (Å²) in [5, 5.41) is 34.4. The van der Waals surface area contributed by atoms with E-state index in [9.17, 15) is 20.0 Å². The van der Waals surface area contributed by atoms with Gasteiger partial charge in [-0.3, -0.25) is 14.9 Å². The van der Waals surface area contributed by atoms with Gasteiger partial charge < -0.3 is 15.7 Å². The largest absolute Gasteiger partial charge is 0.506 e. The highest BCUT2D eigenvalue weighted by Gasteiger charge is 2.11. The van der Waals surface area contributed by atoms with Crippen molar-refractivity contribution in [2.24, 2.45) is 0 Å². The standard InChI is InChI=1S/C16H12N4O4/c17-9-11(10-18-14-3-1-2-4-15(14)21)16(22)19-12-5-7-13(8-6-12)20(23)24/h1-8,10,18,21H,(H,19,22)/b11-10-. The SMILES string of the molecule is N#C/C(=C/Nc1ccccc1O)C(=O)Nc1ccc([N+](=O)[O-])cc1. The third kappa shape index (κ3) is 4.08. The summed E-state index contributed by atoms with van der Waals surface area (Å²) < 4.78 is 0. The molecular formula is C16H12N4O4. The van der Waals surface area contributed by atoms with E-state index in [2.05, 4.69) is 10.6 Å². The fourth-order valence-corrected chi connectivity index (χ4v) is 1.76. The zero-order valence-corrected chi connectivity index (χ0v) is 12.3. The van der Waals surface area contributed by atoms with Crippen LogP contribution in [0, 0.1) is 21.4 Å². The molecule has 3 N–H and O–H groups in total. The number of hydrogen-bond donors (Lipinski definition) is 3. The van der Waals surface area contributed by atoms with Crippen molar-refractivity contribution in [1.82, 2.24) is 0 Å². The predicted octanol–water partition coefficient (Wildman–Crippen LogP) is 2.76. The molecule has 2 aromatic carbocycles. The van der Waals surface area contributed by atoms with Gasteiger partial charge in [0, 0.05) is 24.0 Å². The van der Waals surface area contributed by atoms with Crippen LogP contribution in [0.4, 0.5) is 17.1 Å². The lowest BCUT2D eigenvalue weighted by molar-refractivity contribution is -0.384. The van der Waals surface area contributed by atoms with Gasteiger partial charge in [-0.2, -0.15) is 5.26 Å². The number of nitro groups is 1. The molecule has 0 aliphatic carbocycles. The third-order valence-corrected chi connectivity index (χ3v) is 2.98. The smallest absolute Gasteiger partial charge is 0.269 e. The number of hydrogen-bond acceptors (Lipinski definition) is 6. The van der Waals surface area contributed by atoms with E-state index < -0.39 is 10.8 Å². The Bertz CT molecular complexity index is 838. The molecule has 8 heteroatoms. The van der Waals surface area contributed by atoms with Crippen molar-refractivity contribution in [2.45, 2.75) is 0 Å². The summed E-state index contributed by atoms with van der Waals surface area (Å²) in [5.74, 6) is -0.712. The highest BCUT2D eigenvalue weighted by atomic mass is 16.6. The van der Waals surface area contributed by atoms with Gasteiger partial charge in [-0.15, -0.1) is 0 Å². The number of nitro benzene ring substituents is 1. The Morgan fingerprint density at radius 3 is 2.46 bits per heavy atom. The maximum atomic E-state index is 12.0. The molecule has 2 rings (SSSR count). The number of aromatic hydroxyl groups is 1. The van der Waals surface area contributed by atoms with Crippen molar-refractivity contribution < 1.29 is 14.8 Å². The van der Waals surface area contributed by atoms with E-state index in [0.29, 0.717) is 11.4 Å². The van der Waals surface area contributed by atoms with Gasteiger partial charge in [0.2, 0.25) is 0 Å². The average molecular weight is 324 g/mol. The Kier molecular flexibility index (Phi) is 5.10. The fraction of sp³-hybridized carbons (Fsp3) is 0. The van der Waals surface area contributed by atoms with E-state index >= 15 is 0 Å². The maximum Gasteiger partial charge on any atom is 0.269 e. The number of anilines is 2. The van der Waals surface area contributed by atoms with Crippen LogP contribution in [0.25, 0.3) is 0 Å². The summed E-state index contributed by atoms with van der Waals surface area (Å²) in [5.41, 5.74) is 0.324. The molecule has 0 aromatic heterocycles. The second-order valence-electron chi connectivity index (χ2n) is 4.59. The lowest BCUT2D eigenvalue weighted by Gasteiger charge is -2.06. The first-order valence-corrected chi connectivity index (χ1v) is 6.72. The molecule has 0 saturated heterocycles. The van der Waals surface area contributed by atoms with E-state index in [1.54, 1.807) is 24.3 Å². The zero-order chi connectivity index (χ0) is 17.5. The van der Waals surface area contributed by atoms with Crippen LogP contribution in [0.3, 0.4) is 0 Å². The van der Waals surface area contributed by atoms with Crippen LogP contribution < -0.4 is 10.6 Å². The second-order valence-corrected chi connectivity index (χ2v) is 4.59. The Hall–Kier alpha value is -3.86. The summed E-state index contributed by atoms with van der Waals surface area (Å²) in [6.45, 7) is 0. The van der Waals surface area contributed by atoms with Gasteiger partial charge in [0.25, 0.3) is 11.6 Å². The highest BCUT2D eigenvalue weighted by molar-refractivity contribution is 6.06. The molecular weight excluding hydrogens is 312 g/mol. The van der Waals surface area contributed by atoms with Crippen LogP contribution in [0.1, 0.15) is 0 Å². The molecule has 0 saturated carbocycles. The summed E-state index contributed by atoms with van der Waals surface area (Å²) in [6, 6.07) is 13.3. The molecule has 0 aliphatic heterocycles. The number of amides is 1. The molecule has 120 valence electrons. The van der Waals surface area contributed by atoms with Crippen molar-refractivity contribution in [1.29, 1.82) is 5.26 Å². The number of benzene rings is 2. The molecule has 0 spiro atoms. The molecule has 0 radical (unpaired) electrons. The Morgan fingerprint density at radius 2 is 1.88 bits per heavy atom. The highest BCUT2D eigenvalue weighted by Crippen LogP contribution is 2.22. The third-order valence-electron chi connectivity index (χ3n) is 2.98. The molecule has 0 bridgehead atoms. The summed E-state index contributed by atoms with van der Waals surface area (Å²) in [4.78, 5) is 22.1. The molecule has 0 unspecified atom stereocenters. The molecule has 0 atom stereocenters. The van der Waals surface area contributed by atoms with Crippen LogP contribution in [0.2, 0.25) is 0 Å². The van der Waals surface area contributed by atoms with Gasteiger partial charge in [-0.25, -0.2) is 0 Å². The minimum absolute atomic E-state index is 0.0261. The van der Waals surface area contributed by atoms with Crippen LogP contribution in [0.5, 0.6) is 5.75 Å². The van der Waals surface area contributed by atoms with Crippen molar-refractivity contribution in [3.05, 3.63) is 70.4 Å². The summed E-state index contributed by atoms with van der Waals surface area (Å²) in [6.07, 6.45) is 1.16. The van der Waals surface area contributed by atoms with Crippen molar-refractivity contribution in [2.75, 3.05) is 10.6 Å². The van der Waals surface area contributed by atoms with Gasteiger partial charge >= 0.3 is 0 Å². The van der Waals surface area contributed by atoms with Crippen molar-refractivity contribution in [3.63, 3.8) is 0 Å². The van der Waals surface area contributed by atoms with Gasteiger partial charge in [0.1, 0.15) is 17.4 Å². The molecule has 0 heterocycles. The second kappa shape index (κ2) is 7.42. The number of rotatable bonds is 5. The normalized spacial score (nSPS) is 10.5. The molecule has 24 heavy (non-hydrogen) atoms. The van der Waals surface area contributed by atoms with Gasteiger partial charge in [-0.1, -0.05) is 12.1 Å². The first-order valence-electron chi connectivity index (χ1n) is 6.72. The fourth-order valence-electron chi connectivity index (χ4n) is 1.76. The van der Waals surface area contributed by atoms with Gasteiger partial charge in [-0.05, 0) is 24.3 Å². The van der Waals surface area contributed by atoms with E-state index in [1.807, 2.05) is 0 Å². The first kappa shape index (κ1) is 16.5. The summed E-state index contributed by atoms with van der Waals surface area (Å²) >= 11 is 0. The Balaban J connectivity index is 2.08. The number of nitrogens with zero attached hydrogens (tertiary/aromatic N) is 2. The van der Waals surface area contributed by atoms with E-state index in [1.165, 1.54) is 30.3 Å². The molecule has 0 fully saturated rings. The monoisotopic (exact) mass is 324 g/mol. The number of carbonyl (C=O) groups is 1. The minimum Gasteiger partial charge on any atom is -0.506 e. The molecule has 2 aromatic rings. The zero-order valence-electron chi connectivity index (χ0n) is 12.3. The van der Waals surface area contributed by atoms with Crippen molar-refractivity contribution in [3.8, 4) is 11.8 Å². The number of phenols is 1. The number of para-hydroxylation sites is 2. The quantitative estimate of drug-likeness (QED) is 0.255. The number of nitriles is 1. The number of carbonyl (C=O) groups excluding carboxylic acids is 1. The van der Waals surface area contributed by atoms with Crippen LogP contribution in [0.15, 0.2) is 60.3 Å². The first-order chi connectivity index (χ1) is 11.5. The van der Waals surface area contributed by atoms with Gasteiger partial charge in [0.15, 0.2) is 0 Å². The lowest BCUT2D eigenvalue weighted by atomic mass is 10.2. The van der Waals surface area contributed by atoms with Crippen LogP contribution in [-0.2, 0) is 4.79 Å². The lowest BCUT2D eigenvalue weighted by Crippen LogP contribution is -2.14.